The first kappa shape index (κ1) is 12.9. The molecule has 0 fully saturated rings. The fourth-order valence-corrected chi connectivity index (χ4v) is 2.96. The molecule has 1 aliphatic carbocycles. The molecule has 2 N–H and O–H groups in total. The van der Waals surface area contributed by atoms with Crippen molar-refractivity contribution in [3.63, 3.8) is 0 Å². The van der Waals surface area contributed by atoms with Gasteiger partial charge in [0.05, 0.1) is 0 Å². The Hall–Kier alpha value is -0.130. The van der Waals surface area contributed by atoms with Crippen LogP contribution in [0.1, 0.15) is 19.8 Å². The Labute approximate surface area is 99.6 Å². The number of hydrogen-bond acceptors (Lipinski definition) is 2. The topological polar surface area (TPSA) is 60.2 Å². The predicted octanol–water partition coefficient (Wildman–Crippen LogP) is 1.95. The minimum Gasteiger partial charge on any atom is -0.228 e. The van der Waals surface area contributed by atoms with E-state index in [1.807, 2.05) is 12.2 Å². The average molecular weight is 294 g/mol. The summed E-state index contributed by atoms with van der Waals surface area (Å²) in [5, 5.41) is 6.16. The quantitative estimate of drug-likeness (QED) is 0.806. The molecule has 0 radical (unpaired) electrons. The van der Waals surface area contributed by atoms with E-state index in [4.69, 9.17) is 5.14 Å². The third-order valence-corrected chi connectivity index (χ3v) is 5.11. The summed E-state index contributed by atoms with van der Waals surface area (Å²) in [6, 6.07) is 0. The molecule has 0 saturated carbocycles. The summed E-state index contributed by atoms with van der Waals surface area (Å²) < 4.78 is 22.2. The largest absolute Gasteiger partial charge is 0.228 e. The lowest BCUT2D eigenvalue weighted by Crippen LogP contribution is -2.45. The highest BCUT2D eigenvalue weighted by molar-refractivity contribution is 9.09. The van der Waals surface area contributed by atoms with E-state index in [1.165, 1.54) is 0 Å². The maximum Gasteiger partial charge on any atom is 0.218 e. The van der Waals surface area contributed by atoms with Gasteiger partial charge < -0.3 is 0 Å². The Balaban J connectivity index is 2.94. The Kier molecular flexibility index (Phi) is 4.14. The molecule has 2 atom stereocenters. The number of rotatable bonds is 4. The zero-order valence-corrected chi connectivity index (χ0v) is 11.1. The zero-order valence-electron chi connectivity index (χ0n) is 8.69. The highest BCUT2D eigenvalue weighted by Gasteiger charge is 2.41. The van der Waals surface area contributed by atoms with Crippen molar-refractivity contribution in [2.75, 3.05) is 5.33 Å². The molecular weight excluding hydrogens is 278 g/mol. The number of alkyl halides is 1. The van der Waals surface area contributed by atoms with E-state index >= 15 is 0 Å². The van der Waals surface area contributed by atoms with Crippen molar-refractivity contribution in [3.8, 4) is 0 Å². The second kappa shape index (κ2) is 4.80. The molecule has 0 saturated heterocycles. The van der Waals surface area contributed by atoms with Crippen LogP contribution in [0.15, 0.2) is 24.3 Å². The molecule has 1 rings (SSSR count). The SMILES string of the molecule is C[C@@]1(S(N)(=O)=O)C=CC=CC1CCCBr. The third-order valence-electron chi connectivity index (χ3n) is 2.88. The van der Waals surface area contributed by atoms with E-state index in [0.29, 0.717) is 0 Å². The van der Waals surface area contributed by atoms with E-state index in [1.54, 1.807) is 19.1 Å². The first-order valence-electron chi connectivity index (χ1n) is 4.86. The van der Waals surface area contributed by atoms with Crippen LogP contribution in [0, 0.1) is 5.92 Å². The Morgan fingerprint density at radius 2 is 2.13 bits per heavy atom. The zero-order chi connectivity index (χ0) is 11.5. The summed E-state index contributed by atoms with van der Waals surface area (Å²) in [5.74, 6) is -0.0324. The van der Waals surface area contributed by atoms with Gasteiger partial charge in [0.25, 0.3) is 0 Å². The van der Waals surface area contributed by atoms with Gasteiger partial charge in [-0.05, 0) is 19.8 Å². The number of nitrogens with two attached hydrogens (primary N) is 1. The summed E-state index contributed by atoms with van der Waals surface area (Å²) >= 11 is 3.34. The van der Waals surface area contributed by atoms with Crippen molar-refractivity contribution in [1.29, 1.82) is 0 Å². The van der Waals surface area contributed by atoms with Gasteiger partial charge in [-0.3, -0.25) is 0 Å². The Morgan fingerprint density at radius 1 is 1.47 bits per heavy atom. The van der Waals surface area contributed by atoms with Gasteiger partial charge in [0.15, 0.2) is 0 Å². The fourth-order valence-electron chi connectivity index (χ4n) is 1.75. The normalized spacial score (nSPS) is 30.7. The Morgan fingerprint density at radius 3 is 2.67 bits per heavy atom. The van der Waals surface area contributed by atoms with E-state index in [-0.39, 0.29) is 5.92 Å². The van der Waals surface area contributed by atoms with Crippen molar-refractivity contribution in [2.45, 2.75) is 24.5 Å². The molecule has 0 heterocycles. The second-order valence-electron chi connectivity index (χ2n) is 3.91. The molecule has 0 aromatic heterocycles. The summed E-state index contributed by atoms with van der Waals surface area (Å²) in [6.07, 6.45) is 8.99. The van der Waals surface area contributed by atoms with Gasteiger partial charge >= 0.3 is 0 Å². The van der Waals surface area contributed by atoms with Gasteiger partial charge in [-0.1, -0.05) is 40.2 Å². The maximum atomic E-state index is 11.6. The van der Waals surface area contributed by atoms with Crippen LogP contribution in [-0.2, 0) is 10.0 Å². The van der Waals surface area contributed by atoms with Crippen molar-refractivity contribution >= 4 is 26.0 Å². The minimum absolute atomic E-state index is 0.0324. The van der Waals surface area contributed by atoms with Crippen LogP contribution < -0.4 is 5.14 Å². The van der Waals surface area contributed by atoms with Crippen LogP contribution in [0.25, 0.3) is 0 Å². The summed E-state index contributed by atoms with van der Waals surface area (Å²) in [4.78, 5) is 0. The van der Waals surface area contributed by atoms with Crippen molar-refractivity contribution in [2.24, 2.45) is 11.1 Å². The molecule has 0 amide bonds. The van der Waals surface area contributed by atoms with Crippen molar-refractivity contribution in [3.05, 3.63) is 24.3 Å². The molecule has 0 aromatic rings. The summed E-state index contributed by atoms with van der Waals surface area (Å²) in [7, 11) is -3.56. The van der Waals surface area contributed by atoms with Gasteiger partial charge in [-0.15, -0.1) is 0 Å². The van der Waals surface area contributed by atoms with E-state index in [2.05, 4.69) is 15.9 Å². The molecule has 0 aliphatic heterocycles. The standard InChI is InChI=1S/C10H16BrNO2S/c1-10(15(12,13)14)7-3-2-5-9(10)6-4-8-11/h2-3,5,7,9H,4,6,8H2,1H3,(H2,12,13,14)/t9?,10-/m1/s1. The molecule has 15 heavy (non-hydrogen) atoms. The van der Waals surface area contributed by atoms with Crippen LogP contribution in [0.5, 0.6) is 0 Å². The molecule has 3 nitrogen and oxygen atoms in total. The predicted molar refractivity (Wildman–Crippen MR) is 66.3 cm³/mol. The van der Waals surface area contributed by atoms with E-state index < -0.39 is 14.8 Å². The molecule has 86 valence electrons. The highest BCUT2D eigenvalue weighted by atomic mass is 79.9. The number of hydrogen-bond donors (Lipinski definition) is 1. The first-order chi connectivity index (χ1) is 6.92. The van der Waals surface area contributed by atoms with Crippen molar-refractivity contribution < 1.29 is 8.42 Å². The monoisotopic (exact) mass is 293 g/mol. The van der Waals surface area contributed by atoms with Gasteiger partial charge in [-0.25, -0.2) is 13.6 Å². The number of primary sulfonamides is 1. The van der Waals surface area contributed by atoms with Gasteiger partial charge in [-0.2, -0.15) is 0 Å². The van der Waals surface area contributed by atoms with Crippen LogP contribution in [0.3, 0.4) is 0 Å². The van der Waals surface area contributed by atoms with Gasteiger partial charge in [0.2, 0.25) is 10.0 Å². The Bertz CT molecular complexity index is 375. The molecule has 0 bridgehead atoms. The lowest BCUT2D eigenvalue weighted by molar-refractivity contribution is 0.464. The van der Waals surface area contributed by atoms with Crippen LogP contribution in [0.4, 0.5) is 0 Å². The van der Waals surface area contributed by atoms with E-state index in [9.17, 15) is 8.42 Å². The molecule has 1 aliphatic rings. The molecule has 5 heteroatoms. The first-order valence-corrected chi connectivity index (χ1v) is 7.53. The van der Waals surface area contributed by atoms with Crippen LogP contribution in [-0.4, -0.2) is 18.5 Å². The third kappa shape index (κ3) is 2.71. The summed E-state index contributed by atoms with van der Waals surface area (Å²) in [6.45, 7) is 1.68. The lowest BCUT2D eigenvalue weighted by Gasteiger charge is -2.32. The smallest absolute Gasteiger partial charge is 0.218 e. The number of sulfonamides is 1. The lowest BCUT2D eigenvalue weighted by atomic mass is 9.86. The number of allylic oxidation sites excluding steroid dienone is 3. The average Bonchev–Trinajstić information content (AvgIpc) is 2.15. The molecule has 1 unspecified atom stereocenters. The molecule has 0 spiro atoms. The van der Waals surface area contributed by atoms with E-state index in [0.717, 1.165) is 18.2 Å². The summed E-state index contributed by atoms with van der Waals surface area (Å²) in [5.41, 5.74) is 0. The highest BCUT2D eigenvalue weighted by Crippen LogP contribution is 2.33. The molecular formula is C10H16BrNO2S. The van der Waals surface area contributed by atoms with Crippen molar-refractivity contribution in [1.82, 2.24) is 0 Å². The molecule has 0 aromatic carbocycles. The van der Waals surface area contributed by atoms with Gasteiger partial charge in [0, 0.05) is 11.2 Å². The second-order valence-corrected chi connectivity index (χ2v) is 6.67. The fraction of sp³-hybridized carbons (Fsp3) is 0.600. The minimum atomic E-state index is -3.56. The van der Waals surface area contributed by atoms with Crippen LogP contribution in [0.2, 0.25) is 0 Å². The van der Waals surface area contributed by atoms with Gasteiger partial charge in [0.1, 0.15) is 4.75 Å². The van der Waals surface area contributed by atoms with Crippen LogP contribution >= 0.6 is 15.9 Å². The number of halogens is 1. The maximum absolute atomic E-state index is 11.6.